The predicted octanol–water partition coefficient (Wildman–Crippen LogP) is 3.76. The molecule has 0 radical (unpaired) electrons. The molecule has 1 aromatic rings. The molecule has 0 fully saturated rings. The van der Waals surface area contributed by atoms with Crippen LogP contribution in [0, 0.1) is 0 Å². The molecule has 3 nitrogen and oxygen atoms in total. The number of halogens is 2. The number of rotatable bonds is 6. The summed E-state index contributed by atoms with van der Waals surface area (Å²) >= 11 is 13.4. The molecule has 1 unspecified atom stereocenters. The summed E-state index contributed by atoms with van der Waals surface area (Å²) in [5, 5.41) is 0. The van der Waals surface area contributed by atoms with Crippen LogP contribution in [0.2, 0.25) is 8.67 Å². The molecule has 0 aliphatic heterocycles. The van der Waals surface area contributed by atoms with Crippen LogP contribution in [0.3, 0.4) is 0 Å². The highest BCUT2D eigenvalue weighted by atomic mass is 35.5. The van der Waals surface area contributed by atoms with E-state index in [4.69, 9.17) is 33.8 Å². The lowest BCUT2D eigenvalue weighted by Crippen LogP contribution is -2.31. The maximum absolute atomic E-state index is 6.11. The molecule has 0 spiro atoms. The second kappa shape index (κ2) is 6.36. The van der Waals surface area contributed by atoms with Crippen molar-refractivity contribution in [2.75, 3.05) is 7.11 Å². The minimum atomic E-state index is -0.165. The number of hydrogen-bond acceptors (Lipinski definition) is 4. The van der Waals surface area contributed by atoms with E-state index < -0.39 is 0 Å². The zero-order valence-electron chi connectivity index (χ0n) is 10.2. The van der Waals surface area contributed by atoms with Gasteiger partial charge >= 0.3 is 0 Å². The summed E-state index contributed by atoms with van der Waals surface area (Å²) in [4.78, 5) is 0. The fraction of sp³-hybridized carbons (Fsp3) is 0.636. The molecular formula is C11H18Cl2N2OS. The Kier molecular flexibility index (Phi) is 5.70. The van der Waals surface area contributed by atoms with E-state index in [-0.39, 0.29) is 11.6 Å². The van der Waals surface area contributed by atoms with Gasteiger partial charge < -0.3 is 4.74 Å². The van der Waals surface area contributed by atoms with Crippen LogP contribution >= 0.6 is 34.5 Å². The van der Waals surface area contributed by atoms with Crippen LogP contribution in [0.5, 0.6) is 0 Å². The second-order valence-electron chi connectivity index (χ2n) is 4.50. The fourth-order valence-corrected chi connectivity index (χ4v) is 3.09. The number of thiophene rings is 1. The lowest BCUT2D eigenvalue weighted by molar-refractivity contribution is 0.0117. The number of hydrogen-bond donors (Lipinski definition) is 2. The molecule has 17 heavy (non-hydrogen) atoms. The molecular weight excluding hydrogens is 279 g/mol. The van der Waals surface area contributed by atoms with Gasteiger partial charge in [0.15, 0.2) is 0 Å². The summed E-state index contributed by atoms with van der Waals surface area (Å²) in [6.45, 7) is 4.09. The third-order valence-electron chi connectivity index (χ3n) is 2.85. The summed E-state index contributed by atoms with van der Waals surface area (Å²) in [6.07, 6.45) is 1.71. The van der Waals surface area contributed by atoms with Crippen molar-refractivity contribution in [2.45, 2.75) is 38.3 Å². The quantitative estimate of drug-likeness (QED) is 0.621. The van der Waals surface area contributed by atoms with E-state index in [2.05, 4.69) is 5.43 Å². The fourth-order valence-electron chi connectivity index (χ4n) is 1.51. The normalized spacial score (nSPS) is 14.0. The van der Waals surface area contributed by atoms with Crippen molar-refractivity contribution in [3.63, 3.8) is 0 Å². The first kappa shape index (κ1) is 15.2. The maximum Gasteiger partial charge on any atom is 0.0992 e. The minimum absolute atomic E-state index is 0.000625. The largest absolute Gasteiger partial charge is 0.379 e. The number of nitrogens with two attached hydrogens (primary N) is 1. The zero-order valence-corrected chi connectivity index (χ0v) is 12.5. The average Bonchev–Trinajstić information content (AvgIpc) is 2.59. The third kappa shape index (κ3) is 4.39. The van der Waals surface area contributed by atoms with Crippen molar-refractivity contribution < 1.29 is 4.74 Å². The molecule has 0 saturated heterocycles. The number of nitrogens with one attached hydrogen (secondary N) is 1. The van der Waals surface area contributed by atoms with Crippen LogP contribution in [0.15, 0.2) is 6.07 Å². The molecule has 0 bridgehead atoms. The van der Waals surface area contributed by atoms with Gasteiger partial charge in [0.25, 0.3) is 0 Å². The molecule has 0 aliphatic carbocycles. The van der Waals surface area contributed by atoms with E-state index in [1.807, 2.05) is 19.9 Å². The standard InChI is InChI=1S/C11H18Cl2N2OS/c1-11(2,16-3)5-4-8(15-14)7-6-9(12)17-10(7)13/h6,8,15H,4-5,14H2,1-3H3. The van der Waals surface area contributed by atoms with Crippen LogP contribution in [-0.4, -0.2) is 12.7 Å². The molecule has 1 rings (SSSR count). The summed E-state index contributed by atoms with van der Waals surface area (Å²) in [6, 6.07) is 1.86. The van der Waals surface area contributed by atoms with Crippen LogP contribution in [0.1, 0.15) is 38.3 Å². The van der Waals surface area contributed by atoms with Gasteiger partial charge in [-0.15, -0.1) is 11.3 Å². The smallest absolute Gasteiger partial charge is 0.0992 e. The highest BCUT2D eigenvalue weighted by molar-refractivity contribution is 7.20. The molecule has 1 atom stereocenters. The Hall–Kier alpha value is 0.160. The minimum Gasteiger partial charge on any atom is -0.379 e. The van der Waals surface area contributed by atoms with Gasteiger partial charge in [0.2, 0.25) is 0 Å². The summed E-state index contributed by atoms with van der Waals surface area (Å²) in [5.74, 6) is 5.57. The van der Waals surface area contributed by atoms with Crippen molar-refractivity contribution in [3.05, 3.63) is 20.3 Å². The Labute approximate surface area is 116 Å². The summed E-state index contributed by atoms with van der Waals surface area (Å²) in [7, 11) is 1.71. The van der Waals surface area contributed by atoms with Crippen molar-refractivity contribution in [2.24, 2.45) is 5.84 Å². The van der Waals surface area contributed by atoms with Gasteiger partial charge in [-0.05, 0) is 32.8 Å². The number of hydrazine groups is 1. The highest BCUT2D eigenvalue weighted by Crippen LogP contribution is 2.37. The molecule has 1 aromatic heterocycles. The highest BCUT2D eigenvalue weighted by Gasteiger charge is 2.22. The SMILES string of the molecule is COC(C)(C)CCC(NN)c1cc(Cl)sc1Cl. The molecule has 0 amide bonds. The molecule has 98 valence electrons. The summed E-state index contributed by atoms with van der Waals surface area (Å²) in [5.41, 5.74) is 3.57. The number of ether oxygens (including phenoxy) is 1. The van der Waals surface area contributed by atoms with E-state index in [0.717, 1.165) is 18.4 Å². The first-order valence-corrected chi connectivity index (χ1v) is 6.93. The monoisotopic (exact) mass is 296 g/mol. The Bertz CT molecular complexity index is 368. The lowest BCUT2D eigenvalue weighted by atomic mass is 9.96. The van der Waals surface area contributed by atoms with E-state index in [9.17, 15) is 0 Å². The molecule has 1 heterocycles. The van der Waals surface area contributed by atoms with E-state index in [1.165, 1.54) is 11.3 Å². The molecule has 0 aromatic carbocycles. The van der Waals surface area contributed by atoms with Gasteiger partial charge in [0.1, 0.15) is 0 Å². The van der Waals surface area contributed by atoms with Crippen LogP contribution in [0.4, 0.5) is 0 Å². The van der Waals surface area contributed by atoms with Crippen LogP contribution in [-0.2, 0) is 4.74 Å². The zero-order chi connectivity index (χ0) is 13.1. The van der Waals surface area contributed by atoms with E-state index in [1.54, 1.807) is 7.11 Å². The Balaban J connectivity index is 2.70. The third-order valence-corrected chi connectivity index (χ3v) is 4.37. The van der Waals surface area contributed by atoms with Gasteiger partial charge in [0.05, 0.1) is 14.3 Å². The maximum atomic E-state index is 6.11. The van der Waals surface area contributed by atoms with Crippen LogP contribution < -0.4 is 11.3 Å². The van der Waals surface area contributed by atoms with Gasteiger partial charge in [-0.25, -0.2) is 0 Å². The second-order valence-corrected chi connectivity index (χ2v) is 6.79. The average molecular weight is 297 g/mol. The Morgan fingerprint density at radius 1 is 1.53 bits per heavy atom. The van der Waals surface area contributed by atoms with E-state index in [0.29, 0.717) is 8.67 Å². The molecule has 0 aliphatic rings. The molecule has 0 saturated carbocycles. The van der Waals surface area contributed by atoms with Crippen LogP contribution in [0.25, 0.3) is 0 Å². The number of methoxy groups -OCH3 is 1. The van der Waals surface area contributed by atoms with Crippen molar-refractivity contribution in [1.82, 2.24) is 5.43 Å². The van der Waals surface area contributed by atoms with E-state index >= 15 is 0 Å². The van der Waals surface area contributed by atoms with Gasteiger partial charge in [-0.1, -0.05) is 23.2 Å². The lowest BCUT2D eigenvalue weighted by Gasteiger charge is -2.25. The van der Waals surface area contributed by atoms with Gasteiger partial charge in [0, 0.05) is 18.7 Å². The Morgan fingerprint density at radius 3 is 2.59 bits per heavy atom. The van der Waals surface area contributed by atoms with Crippen molar-refractivity contribution in [3.8, 4) is 0 Å². The Morgan fingerprint density at radius 2 is 2.18 bits per heavy atom. The first-order valence-electron chi connectivity index (χ1n) is 5.35. The molecule has 3 N–H and O–H groups in total. The summed E-state index contributed by atoms with van der Waals surface area (Å²) < 4.78 is 6.74. The van der Waals surface area contributed by atoms with Crippen molar-refractivity contribution in [1.29, 1.82) is 0 Å². The molecule has 6 heteroatoms. The van der Waals surface area contributed by atoms with Crippen molar-refractivity contribution >= 4 is 34.5 Å². The van der Waals surface area contributed by atoms with Gasteiger partial charge in [-0.2, -0.15) is 0 Å². The van der Waals surface area contributed by atoms with Gasteiger partial charge in [-0.3, -0.25) is 11.3 Å². The predicted molar refractivity (Wildman–Crippen MR) is 74.7 cm³/mol. The first-order chi connectivity index (χ1) is 7.89. The topological polar surface area (TPSA) is 47.3 Å².